The van der Waals surface area contributed by atoms with E-state index in [1.807, 2.05) is 0 Å². The molecule has 4 heteroatoms. The standard InChI is InChI=1S/C14H27N3O/c1-2-17-10-6-9-13(17)11-15-14(18)16-12-7-4-3-5-8-12/h12-13H,2-11H2,1H3,(H2,15,16,18)/t13-/m0/s1. The first-order chi connectivity index (χ1) is 8.79. The van der Waals surface area contributed by atoms with E-state index in [1.54, 1.807) is 0 Å². The minimum Gasteiger partial charge on any atom is -0.337 e. The van der Waals surface area contributed by atoms with Crippen LogP contribution in [-0.2, 0) is 0 Å². The van der Waals surface area contributed by atoms with Gasteiger partial charge >= 0.3 is 6.03 Å². The maximum absolute atomic E-state index is 11.8. The minimum atomic E-state index is 0.0323. The van der Waals surface area contributed by atoms with Crippen molar-refractivity contribution in [1.82, 2.24) is 15.5 Å². The molecule has 0 aromatic heterocycles. The number of hydrogen-bond donors (Lipinski definition) is 2. The molecule has 1 saturated heterocycles. The van der Waals surface area contributed by atoms with E-state index in [4.69, 9.17) is 0 Å². The first kappa shape index (κ1) is 13.7. The van der Waals surface area contributed by atoms with Crippen LogP contribution < -0.4 is 10.6 Å². The molecule has 1 aliphatic heterocycles. The van der Waals surface area contributed by atoms with Crippen LogP contribution in [0, 0.1) is 0 Å². The molecule has 2 fully saturated rings. The van der Waals surface area contributed by atoms with Gasteiger partial charge in [-0.3, -0.25) is 4.90 Å². The van der Waals surface area contributed by atoms with Gasteiger partial charge < -0.3 is 10.6 Å². The number of nitrogens with zero attached hydrogens (tertiary/aromatic N) is 1. The molecule has 1 heterocycles. The van der Waals surface area contributed by atoms with Crippen molar-refractivity contribution < 1.29 is 4.79 Å². The number of carbonyl (C=O) groups excluding carboxylic acids is 1. The van der Waals surface area contributed by atoms with Gasteiger partial charge in [-0.25, -0.2) is 4.79 Å². The third kappa shape index (κ3) is 3.87. The van der Waals surface area contributed by atoms with Gasteiger partial charge in [-0.05, 0) is 38.8 Å². The maximum Gasteiger partial charge on any atom is 0.315 e. The zero-order valence-corrected chi connectivity index (χ0v) is 11.6. The third-order valence-electron chi connectivity index (χ3n) is 4.34. The fourth-order valence-corrected chi connectivity index (χ4v) is 3.24. The zero-order valence-electron chi connectivity index (χ0n) is 11.6. The molecule has 2 N–H and O–H groups in total. The Balaban J connectivity index is 1.64. The molecular weight excluding hydrogens is 226 g/mol. The van der Waals surface area contributed by atoms with Gasteiger partial charge in [0.15, 0.2) is 0 Å². The van der Waals surface area contributed by atoms with Gasteiger partial charge in [0.25, 0.3) is 0 Å². The molecule has 1 aliphatic carbocycles. The number of likely N-dealkylation sites (tertiary alicyclic amines) is 1. The van der Waals surface area contributed by atoms with Crippen LogP contribution in [-0.4, -0.2) is 42.6 Å². The van der Waals surface area contributed by atoms with Gasteiger partial charge in [-0.2, -0.15) is 0 Å². The number of carbonyl (C=O) groups is 1. The van der Waals surface area contributed by atoms with E-state index in [2.05, 4.69) is 22.5 Å². The van der Waals surface area contributed by atoms with Crippen LogP contribution in [0.25, 0.3) is 0 Å². The second kappa shape index (κ2) is 6.98. The summed E-state index contributed by atoms with van der Waals surface area (Å²) in [7, 11) is 0. The molecule has 2 amide bonds. The summed E-state index contributed by atoms with van der Waals surface area (Å²) in [5.41, 5.74) is 0. The highest BCUT2D eigenvalue weighted by molar-refractivity contribution is 5.74. The normalized spacial score (nSPS) is 26.2. The van der Waals surface area contributed by atoms with Crippen molar-refractivity contribution in [3.8, 4) is 0 Å². The lowest BCUT2D eigenvalue weighted by Crippen LogP contribution is -2.47. The fraction of sp³-hybridized carbons (Fsp3) is 0.929. The number of likely N-dealkylation sites (N-methyl/N-ethyl adjacent to an activating group) is 1. The minimum absolute atomic E-state index is 0.0323. The van der Waals surface area contributed by atoms with Crippen molar-refractivity contribution in [2.45, 2.75) is 64.0 Å². The van der Waals surface area contributed by atoms with Crippen molar-refractivity contribution >= 4 is 6.03 Å². The van der Waals surface area contributed by atoms with E-state index in [-0.39, 0.29) is 6.03 Å². The highest BCUT2D eigenvalue weighted by Gasteiger charge is 2.23. The van der Waals surface area contributed by atoms with E-state index in [9.17, 15) is 4.79 Å². The Bertz CT molecular complexity index is 264. The molecule has 0 aromatic carbocycles. The Morgan fingerprint density at radius 1 is 1.17 bits per heavy atom. The highest BCUT2D eigenvalue weighted by atomic mass is 16.2. The average Bonchev–Trinajstić information content (AvgIpc) is 2.85. The first-order valence-corrected chi connectivity index (χ1v) is 7.58. The Hall–Kier alpha value is -0.770. The topological polar surface area (TPSA) is 44.4 Å². The maximum atomic E-state index is 11.8. The second-order valence-electron chi connectivity index (χ2n) is 5.61. The highest BCUT2D eigenvalue weighted by Crippen LogP contribution is 2.17. The number of amides is 2. The molecule has 1 atom stereocenters. The van der Waals surface area contributed by atoms with Gasteiger partial charge in [0.1, 0.15) is 0 Å². The van der Waals surface area contributed by atoms with E-state index in [1.165, 1.54) is 38.6 Å². The summed E-state index contributed by atoms with van der Waals surface area (Å²) in [5.74, 6) is 0. The van der Waals surface area contributed by atoms with Crippen LogP contribution in [0.3, 0.4) is 0 Å². The van der Waals surface area contributed by atoms with Crippen molar-refractivity contribution in [2.24, 2.45) is 0 Å². The molecular formula is C14H27N3O. The predicted octanol–water partition coefficient (Wildman–Crippen LogP) is 2.10. The second-order valence-corrected chi connectivity index (χ2v) is 5.61. The van der Waals surface area contributed by atoms with Gasteiger partial charge in [0, 0.05) is 18.6 Å². The summed E-state index contributed by atoms with van der Waals surface area (Å²) in [6, 6.07) is 0.988. The molecule has 0 spiro atoms. The number of nitrogens with one attached hydrogen (secondary N) is 2. The summed E-state index contributed by atoms with van der Waals surface area (Å²) < 4.78 is 0. The first-order valence-electron chi connectivity index (χ1n) is 7.58. The van der Waals surface area contributed by atoms with Crippen LogP contribution in [0.15, 0.2) is 0 Å². The molecule has 0 radical (unpaired) electrons. The van der Waals surface area contributed by atoms with Crippen molar-refractivity contribution in [3.63, 3.8) is 0 Å². The molecule has 0 aromatic rings. The van der Waals surface area contributed by atoms with Crippen molar-refractivity contribution in [3.05, 3.63) is 0 Å². The van der Waals surface area contributed by atoms with Gasteiger partial charge in [-0.15, -0.1) is 0 Å². The summed E-state index contributed by atoms with van der Waals surface area (Å²) >= 11 is 0. The largest absolute Gasteiger partial charge is 0.337 e. The Kier molecular flexibility index (Phi) is 5.29. The predicted molar refractivity (Wildman–Crippen MR) is 73.7 cm³/mol. The summed E-state index contributed by atoms with van der Waals surface area (Å²) in [6.07, 6.45) is 8.64. The van der Waals surface area contributed by atoms with Crippen LogP contribution in [0.2, 0.25) is 0 Å². The molecule has 4 nitrogen and oxygen atoms in total. The molecule has 1 saturated carbocycles. The smallest absolute Gasteiger partial charge is 0.315 e. The number of rotatable bonds is 4. The van der Waals surface area contributed by atoms with Gasteiger partial charge in [0.05, 0.1) is 0 Å². The SMILES string of the molecule is CCN1CCC[C@H]1CNC(=O)NC1CCCCC1. The third-order valence-corrected chi connectivity index (χ3v) is 4.34. The molecule has 0 unspecified atom stereocenters. The monoisotopic (exact) mass is 253 g/mol. The fourth-order valence-electron chi connectivity index (χ4n) is 3.24. The van der Waals surface area contributed by atoms with E-state index in [0.29, 0.717) is 12.1 Å². The van der Waals surface area contributed by atoms with Crippen LogP contribution in [0.5, 0.6) is 0 Å². The van der Waals surface area contributed by atoms with E-state index >= 15 is 0 Å². The molecule has 18 heavy (non-hydrogen) atoms. The van der Waals surface area contributed by atoms with Gasteiger partial charge in [0.2, 0.25) is 0 Å². The van der Waals surface area contributed by atoms with E-state index < -0.39 is 0 Å². The number of hydrogen-bond acceptors (Lipinski definition) is 2. The van der Waals surface area contributed by atoms with Gasteiger partial charge in [-0.1, -0.05) is 26.2 Å². The van der Waals surface area contributed by atoms with Crippen LogP contribution >= 0.6 is 0 Å². The summed E-state index contributed by atoms with van der Waals surface area (Å²) in [5, 5.41) is 6.15. The van der Waals surface area contributed by atoms with Crippen molar-refractivity contribution in [2.75, 3.05) is 19.6 Å². The average molecular weight is 253 g/mol. The molecule has 2 rings (SSSR count). The summed E-state index contributed by atoms with van der Waals surface area (Å²) in [4.78, 5) is 14.3. The van der Waals surface area contributed by atoms with E-state index in [0.717, 1.165) is 25.9 Å². The van der Waals surface area contributed by atoms with Crippen LogP contribution in [0.4, 0.5) is 4.79 Å². The van der Waals surface area contributed by atoms with Crippen LogP contribution in [0.1, 0.15) is 51.9 Å². The number of urea groups is 1. The zero-order chi connectivity index (χ0) is 12.8. The molecule has 104 valence electrons. The Labute approximate surface area is 110 Å². The lowest BCUT2D eigenvalue weighted by molar-refractivity contribution is 0.222. The quantitative estimate of drug-likeness (QED) is 0.806. The lowest BCUT2D eigenvalue weighted by atomic mass is 9.96. The Morgan fingerprint density at radius 3 is 2.67 bits per heavy atom. The van der Waals surface area contributed by atoms with Crippen molar-refractivity contribution in [1.29, 1.82) is 0 Å². The summed E-state index contributed by atoms with van der Waals surface area (Å²) in [6.45, 7) is 5.27. The Morgan fingerprint density at radius 2 is 1.94 bits per heavy atom. The molecule has 0 bridgehead atoms. The molecule has 2 aliphatic rings. The lowest BCUT2D eigenvalue weighted by Gasteiger charge is -2.25.